The third-order valence-electron chi connectivity index (χ3n) is 4.58. The highest BCUT2D eigenvalue weighted by atomic mass is 16.4. The van der Waals surface area contributed by atoms with Crippen LogP contribution < -0.4 is 0 Å². The smallest absolute Gasteiger partial charge is 0.247 e. The topological polar surface area (TPSA) is 66.0 Å². The van der Waals surface area contributed by atoms with E-state index in [1.165, 1.54) is 25.7 Å². The summed E-state index contributed by atoms with van der Waals surface area (Å²) in [6, 6.07) is 9.38. The number of nitrogens with zero attached hydrogens (tertiary/aromatic N) is 4. The van der Waals surface area contributed by atoms with E-state index in [0.29, 0.717) is 23.9 Å². The van der Waals surface area contributed by atoms with E-state index in [1.54, 1.807) is 12.1 Å². The summed E-state index contributed by atoms with van der Waals surface area (Å²) in [5, 5.41) is 17.3. The second-order valence-electron chi connectivity index (χ2n) is 6.17. The number of nitriles is 1. The van der Waals surface area contributed by atoms with E-state index in [4.69, 9.17) is 9.68 Å². The summed E-state index contributed by atoms with van der Waals surface area (Å²) >= 11 is 0. The van der Waals surface area contributed by atoms with E-state index >= 15 is 0 Å². The van der Waals surface area contributed by atoms with Gasteiger partial charge in [0.15, 0.2) is 0 Å². The molecule has 2 aromatic rings. The van der Waals surface area contributed by atoms with E-state index in [2.05, 4.69) is 28.1 Å². The predicted octanol–water partition coefficient (Wildman–Crippen LogP) is 3.62. The first kappa shape index (κ1) is 15.7. The van der Waals surface area contributed by atoms with Crippen molar-refractivity contribution in [3.63, 3.8) is 0 Å². The lowest BCUT2D eigenvalue weighted by Crippen LogP contribution is -2.24. The maximum absolute atomic E-state index is 8.98. The van der Waals surface area contributed by atoms with Gasteiger partial charge in [-0.25, -0.2) is 0 Å². The molecule has 1 aromatic carbocycles. The van der Waals surface area contributed by atoms with Gasteiger partial charge in [0, 0.05) is 5.56 Å². The van der Waals surface area contributed by atoms with Gasteiger partial charge < -0.3 is 4.42 Å². The molecule has 1 atom stereocenters. The van der Waals surface area contributed by atoms with Crippen molar-refractivity contribution < 1.29 is 4.42 Å². The molecule has 0 aliphatic carbocycles. The summed E-state index contributed by atoms with van der Waals surface area (Å²) in [7, 11) is 0. The van der Waals surface area contributed by atoms with Gasteiger partial charge in [-0.05, 0) is 56.5 Å². The maximum atomic E-state index is 8.98. The zero-order valence-electron chi connectivity index (χ0n) is 13.5. The standard InChI is InChI=1S/C18H22N4O/c1-2-14-6-4-9-22(10-8-14)13-17-20-21-18(23-17)16-7-3-5-15(11-16)12-19/h3,5,7,11,14H,2,4,6,8-10,13H2,1H3/t14-/m1/s1. The summed E-state index contributed by atoms with van der Waals surface area (Å²) in [5.41, 5.74) is 1.39. The highest BCUT2D eigenvalue weighted by Gasteiger charge is 2.18. The molecule has 0 saturated carbocycles. The van der Waals surface area contributed by atoms with Crippen LogP contribution >= 0.6 is 0 Å². The third kappa shape index (κ3) is 3.96. The first-order valence-electron chi connectivity index (χ1n) is 8.33. The molecule has 3 rings (SSSR count). The van der Waals surface area contributed by atoms with E-state index in [-0.39, 0.29) is 0 Å². The molecule has 0 unspecified atom stereocenters. The van der Waals surface area contributed by atoms with Gasteiger partial charge in [0.1, 0.15) is 0 Å². The fourth-order valence-electron chi connectivity index (χ4n) is 3.14. The molecule has 1 aromatic heterocycles. The molecule has 1 fully saturated rings. The fourth-order valence-corrected chi connectivity index (χ4v) is 3.14. The van der Waals surface area contributed by atoms with Crippen LogP contribution in [0.15, 0.2) is 28.7 Å². The average Bonchev–Trinajstić information content (AvgIpc) is 2.94. The summed E-state index contributed by atoms with van der Waals surface area (Å²) in [6.45, 7) is 5.18. The molecule has 120 valence electrons. The van der Waals surface area contributed by atoms with Crippen molar-refractivity contribution >= 4 is 0 Å². The van der Waals surface area contributed by atoms with Crippen LogP contribution in [0.3, 0.4) is 0 Å². The number of rotatable bonds is 4. The van der Waals surface area contributed by atoms with Crippen molar-refractivity contribution in [1.82, 2.24) is 15.1 Å². The van der Waals surface area contributed by atoms with Crippen molar-refractivity contribution in [2.45, 2.75) is 39.2 Å². The van der Waals surface area contributed by atoms with Crippen LogP contribution in [0.2, 0.25) is 0 Å². The Kier molecular flexibility index (Phi) is 5.04. The number of hydrogen-bond donors (Lipinski definition) is 0. The summed E-state index contributed by atoms with van der Waals surface area (Å²) in [6.07, 6.45) is 5.09. The Morgan fingerprint density at radius 3 is 3.04 bits per heavy atom. The van der Waals surface area contributed by atoms with Gasteiger partial charge in [-0.3, -0.25) is 4.90 Å². The molecule has 2 heterocycles. The first-order chi connectivity index (χ1) is 11.3. The highest BCUT2D eigenvalue weighted by Crippen LogP contribution is 2.23. The lowest BCUT2D eigenvalue weighted by Gasteiger charge is -2.17. The minimum absolute atomic E-state index is 0.485. The molecule has 0 spiro atoms. The minimum Gasteiger partial charge on any atom is -0.419 e. The Bertz CT molecular complexity index is 688. The highest BCUT2D eigenvalue weighted by molar-refractivity contribution is 5.55. The molecule has 23 heavy (non-hydrogen) atoms. The van der Waals surface area contributed by atoms with Crippen molar-refractivity contribution in [3.05, 3.63) is 35.7 Å². The minimum atomic E-state index is 0.485. The first-order valence-corrected chi connectivity index (χ1v) is 8.33. The molecule has 0 amide bonds. The molecular weight excluding hydrogens is 288 g/mol. The maximum Gasteiger partial charge on any atom is 0.247 e. The van der Waals surface area contributed by atoms with Gasteiger partial charge in [-0.1, -0.05) is 19.4 Å². The molecule has 1 saturated heterocycles. The fraction of sp³-hybridized carbons (Fsp3) is 0.500. The van der Waals surface area contributed by atoms with Gasteiger partial charge in [0.05, 0.1) is 18.2 Å². The Morgan fingerprint density at radius 2 is 2.22 bits per heavy atom. The van der Waals surface area contributed by atoms with Crippen LogP contribution in [-0.2, 0) is 6.54 Å². The normalized spacial score (nSPS) is 19.2. The SMILES string of the molecule is CC[C@@H]1CCCN(Cc2nnc(-c3cccc(C#N)c3)o2)CC1. The molecule has 1 aliphatic rings. The van der Waals surface area contributed by atoms with Crippen LogP contribution in [-0.4, -0.2) is 28.2 Å². The van der Waals surface area contributed by atoms with E-state index < -0.39 is 0 Å². The van der Waals surface area contributed by atoms with Gasteiger partial charge in [0.2, 0.25) is 11.8 Å². The van der Waals surface area contributed by atoms with Gasteiger partial charge in [-0.15, -0.1) is 10.2 Å². The third-order valence-corrected chi connectivity index (χ3v) is 4.58. The molecule has 1 aliphatic heterocycles. The van der Waals surface area contributed by atoms with Crippen molar-refractivity contribution in [3.8, 4) is 17.5 Å². The number of aromatic nitrogens is 2. The molecule has 5 nitrogen and oxygen atoms in total. The summed E-state index contributed by atoms with van der Waals surface area (Å²) < 4.78 is 5.79. The molecule has 5 heteroatoms. The predicted molar refractivity (Wildman–Crippen MR) is 87.4 cm³/mol. The molecule has 0 radical (unpaired) electrons. The number of likely N-dealkylation sites (tertiary alicyclic amines) is 1. The van der Waals surface area contributed by atoms with E-state index in [9.17, 15) is 0 Å². The lowest BCUT2D eigenvalue weighted by atomic mass is 9.98. The summed E-state index contributed by atoms with van der Waals surface area (Å²) in [5.74, 6) is 1.99. The van der Waals surface area contributed by atoms with Gasteiger partial charge in [-0.2, -0.15) is 5.26 Å². The molecule has 0 bridgehead atoms. The second kappa shape index (κ2) is 7.38. The Balaban J connectivity index is 1.66. The average molecular weight is 310 g/mol. The van der Waals surface area contributed by atoms with Crippen LogP contribution in [0.5, 0.6) is 0 Å². The molecular formula is C18H22N4O. The van der Waals surface area contributed by atoms with Crippen LogP contribution in [0.4, 0.5) is 0 Å². The lowest BCUT2D eigenvalue weighted by molar-refractivity contribution is 0.245. The van der Waals surface area contributed by atoms with Crippen LogP contribution in [0, 0.1) is 17.2 Å². The van der Waals surface area contributed by atoms with Gasteiger partial charge in [0.25, 0.3) is 0 Å². The van der Waals surface area contributed by atoms with E-state index in [1.807, 2.05) is 12.1 Å². The number of benzene rings is 1. The van der Waals surface area contributed by atoms with Gasteiger partial charge >= 0.3 is 0 Å². The largest absolute Gasteiger partial charge is 0.419 e. The van der Waals surface area contributed by atoms with Crippen LogP contribution in [0.1, 0.15) is 44.1 Å². The van der Waals surface area contributed by atoms with Crippen molar-refractivity contribution in [2.24, 2.45) is 5.92 Å². The molecule has 0 N–H and O–H groups in total. The van der Waals surface area contributed by atoms with Crippen molar-refractivity contribution in [2.75, 3.05) is 13.1 Å². The monoisotopic (exact) mass is 310 g/mol. The number of hydrogen-bond acceptors (Lipinski definition) is 5. The Morgan fingerprint density at radius 1 is 1.30 bits per heavy atom. The Hall–Kier alpha value is -2.19. The quantitative estimate of drug-likeness (QED) is 0.863. The van der Waals surface area contributed by atoms with E-state index in [0.717, 1.165) is 24.6 Å². The second-order valence-corrected chi connectivity index (χ2v) is 6.17. The zero-order valence-corrected chi connectivity index (χ0v) is 13.5. The van der Waals surface area contributed by atoms with Crippen molar-refractivity contribution in [1.29, 1.82) is 5.26 Å². The summed E-state index contributed by atoms with van der Waals surface area (Å²) in [4.78, 5) is 2.40. The Labute approximate surface area is 136 Å². The zero-order chi connectivity index (χ0) is 16.1. The van der Waals surface area contributed by atoms with Crippen LogP contribution in [0.25, 0.3) is 11.5 Å².